The van der Waals surface area contributed by atoms with Crippen LogP contribution in [0.2, 0.25) is 17.1 Å². The van der Waals surface area contributed by atoms with Gasteiger partial charge in [-0.05, 0) is 42.1 Å². The maximum Gasteiger partial charge on any atom is 0.311 e. The summed E-state index contributed by atoms with van der Waals surface area (Å²) in [4.78, 5) is 23.1. The SMILES string of the molecule is CC(C)(C)[Si](C)(ON1CCCC1)C(CO)C(=O)OCc1ccc([N+](=O)[O-])cc1. The zero-order valence-electron chi connectivity index (χ0n) is 17.0. The first kappa shape index (κ1) is 22.5. The van der Waals surface area contributed by atoms with E-state index in [1.165, 1.54) is 12.1 Å². The molecule has 1 fully saturated rings. The van der Waals surface area contributed by atoms with Crippen LogP contribution in [0.3, 0.4) is 0 Å². The Bertz CT molecular complexity index is 685. The molecule has 0 aliphatic carbocycles. The van der Waals surface area contributed by atoms with Crippen LogP contribution in [-0.2, 0) is 20.7 Å². The summed E-state index contributed by atoms with van der Waals surface area (Å²) in [5.74, 6) is -0.496. The Morgan fingerprint density at radius 2 is 1.86 bits per heavy atom. The highest BCUT2D eigenvalue weighted by molar-refractivity contribution is 6.79. The van der Waals surface area contributed by atoms with Crippen molar-refractivity contribution < 1.29 is 24.1 Å². The van der Waals surface area contributed by atoms with E-state index >= 15 is 0 Å². The molecule has 1 aromatic rings. The molecule has 1 N–H and O–H groups in total. The summed E-state index contributed by atoms with van der Waals surface area (Å²) < 4.78 is 11.8. The number of aliphatic hydroxyl groups is 1. The van der Waals surface area contributed by atoms with E-state index in [1.807, 2.05) is 32.4 Å². The van der Waals surface area contributed by atoms with Crippen molar-refractivity contribution in [2.45, 2.75) is 57.3 Å². The first-order chi connectivity index (χ1) is 13.1. The minimum atomic E-state index is -2.76. The molecule has 0 aromatic heterocycles. The average molecular weight is 411 g/mol. The highest BCUT2D eigenvalue weighted by Gasteiger charge is 2.54. The Labute approximate surface area is 166 Å². The van der Waals surface area contributed by atoms with Crippen molar-refractivity contribution in [1.82, 2.24) is 5.06 Å². The van der Waals surface area contributed by atoms with Gasteiger partial charge >= 0.3 is 5.97 Å². The van der Waals surface area contributed by atoms with E-state index in [-0.39, 0.29) is 23.9 Å². The number of benzene rings is 1. The Morgan fingerprint density at radius 1 is 1.29 bits per heavy atom. The first-order valence-electron chi connectivity index (χ1n) is 9.53. The van der Waals surface area contributed by atoms with Gasteiger partial charge in [0.15, 0.2) is 0 Å². The molecule has 0 saturated carbocycles. The Morgan fingerprint density at radius 3 is 2.32 bits per heavy atom. The summed E-state index contributed by atoms with van der Waals surface area (Å²) in [5.41, 5.74) is -0.101. The maximum absolute atomic E-state index is 12.8. The number of carbonyl (C=O) groups is 1. The predicted octanol–water partition coefficient (Wildman–Crippen LogP) is 3.40. The quantitative estimate of drug-likeness (QED) is 0.303. The lowest BCUT2D eigenvalue weighted by molar-refractivity contribution is -0.384. The Hall–Kier alpha value is -1.81. The molecule has 2 unspecified atom stereocenters. The molecule has 28 heavy (non-hydrogen) atoms. The maximum atomic E-state index is 12.8. The third kappa shape index (κ3) is 5.16. The summed E-state index contributed by atoms with van der Waals surface area (Å²) in [6.07, 6.45) is 2.12. The number of aliphatic hydroxyl groups excluding tert-OH is 1. The Kier molecular flexibility index (Phi) is 7.32. The van der Waals surface area contributed by atoms with Crippen LogP contribution in [-0.4, -0.2) is 49.1 Å². The van der Waals surface area contributed by atoms with Crippen molar-refractivity contribution in [1.29, 1.82) is 0 Å². The monoisotopic (exact) mass is 410 g/mol. The van der Waals surface area contributed by atoms with Crippen LogP contribution in [0.1, 0.15) is 39.2 Å². The van der Waals surface area contributed by atoms with Gasteiger partial charge in [-0.15, -0.1) is 0 Å². The minimum Gasteiger partial charge on any atom is -0.461 e. The van der Waals surface area contributed by atoms with Gasteiger partial charge in [0.25, 0.3) is 5.69 Å². The number of esters is 1. The molecule has 1 aromatic carbocycles. The number of non-ortho nitro benzene ring substituents is 1. The summed E-state index contributed by atoms with van der Waals surface area (Å²) in [7, 11) is -2.76. The molecule has 0 radical (unpaired) electrons. The van der Waals surface area contributed by atoms with Crippen molar-refractivity contribution in [3.8, 4) is 0 Å². The van der Waals surface area contributed by atoms with Gasteiger partial charge in [0, 0.05) is 25.2 Å². The minimum absolute atomic E-state index is 0.00827. The van der Waals surface area contributed by atoms with E-state index in [0.29, 0.717) is 5.56 Å². The number of nitro groups is 1. The highest BCUT2D eigenvalue weighted by atomic mass is 28.4. The molecule has 156 valence electrons. The van der Waals surface area contributed by atoms with Crippen LogP contribution in [0.15, 0.2) is 24.3 Å². The number of hydrogen-bond acceptors (Lipinski definition) is 7. The Balaban J connectivity index is 2.10. The number of hydrogen-bond donors (Lipinski definition) is 1. The van der Waals surface area contributed by atoms with Gasteiger partial charge in [0.2, 0.25) is 8.32 Å². The molecular weight excluding hydrogens is 380 g/mol. The van der Waals surface area contributed by atoms with Gasteiger partial charge in [-0.1, -0.05) is 20.8 Å². The van der Waals surface area contributed by atoms with Gasteiger partial charge in [0.05, 0.1) is 11.5 Å². The molecular formula is C19H30N2O6Si. The zero-order chi connectivity index (χ0) is 20.9. The number of carbonyl (C=O) groups excluding carboxylic acids is 1. The summed E-state index contributed by atoms with van der Waals surface area (Å²) in [5, 5.41) is 22.4. The van der Waals surface area contributed by atoms with Gasteiger partial charge in [-0.2, -0.15) is 0 Å². The lowest BCUT2D eigenvalue weighted by Gasteiger charge is -2.44. The highest BCUT2D eigenvalue weighted by Crippen LogP contribution is 2.45. The van der Waals surface area contributed by atoms with Crippen LogP contribution >= 0.6 is 0 Å². The first-order valence-corrected chi connectivity index (χ1v) is 12.0. The molecule has 0 spiro atoms. The third-order valence-corrected chi connectivity index (χ3v) is 10.9. The molecule has 0 amide bonds. The fraction of sp³-hybridized carbons (Fsp3) is 0.632. The number of ether oxygens (including phenoxy) is 1. The normalized spacial score (nSPS) is 18.5. The predicted molar refractivity (Wildman–Crippen MR) is 107 cm³/mol. The summed E-state index contributed by atoms with van der Waals surface area (Å²) in [6, 6.07) is 5.86. The van der Waals surface area contributed by atoms with Crippen LogP contribution in [0.5, 0.6) is 0 Å². The molecule has 1 heterocycles. The lowest BCUT2D eigenvalue weighted by Crippen LogP contribution is -2.55. The van der Waals surface area contributed by atoms with E-state index in [0.717, 1.165) is 25.9 Å². The molecule has 1 aliphatic heterocycles. The van der Waals surface area contributed by atoms with Gasteiger partial charge in [0.1, 0.15) is 12.1 Å². The second kappa shape index (κ2) is 9.12. The topological polar surface area (TPSA) is 102 Å². The van der Waals surface area contributed by atoms with Crippen molar-refractivity contribution in [2.24, 2.45) is 0 Å². The van der Waals surface area contributed by atoms with E-state index in [2.05, 4.69) is 0 Å². The zero-order valence-corrected chi connectivity index (χ0v) is 18.0. The number of nitrogens with zero attached hydrogens (tertiary/aromatic N) is 2. The molecule has 2 atom stereocenters. The van der Waals surface area contributed by atoms with Crippen LogP contribution in [0.4, 0.5) is 5.69 Å². The number of nitro benzene ring substituents is 1. The molecule has 2 rings (SSSR count). The second-order valence-electron chi connectivity index (χ2n) is 8.35. The molecule has 9 heteroatoms. The lowest BCUT2D eigenvalue weighted by atomic mass is 10.2. The molecule has 1 saturated heterocycles. The fourth-order valence-electron chi connectivity index (χ4n) is 3.21. The molecule has 0 bridgehead atoms. The third-order valence-electron chi connectivity index (χ3n) is 5.53. The van der Waals surface area contributed by atoms with Crippen LogP contribution < -0.4 is 0 Å². The van der Waals surface area contributed by atoms with Crippen molar-refractivity contribution in [2.75, 3.05) is 19.7 Å². The van der Waals surface area contributed by atoms with E-state index in [9.17, 15) is 20.0 Å². The fourth-order valence-corrected chi connectivity index (χ4v) is 6.26. The smallest absolute Gasteiger partial charge is 0.311 e. The van der Waals surface area contributed by atoms with Crippen LogP contribution in [0.25, 0.3) is 0 Å². The van der Waals surface area contributed by atoms with Crippen molar-refractivity contribution in [3.05, 3.63) is 39.9 Å². The van der Waals surface area contributed by atoms with Crippen molar-refractivity contribution in [3.63, 3.8) is 0 Å². The average Bonchev–Trinajstić information content (AvgIpc) is 3.12. The van der Waals surface area contributed by atoms with Gasteiger partial charge in [-0.25, -0.2) is 5.06 Å². The largest absolute Gasteiger partial charge is 0.461 e. The second-order valence-corrected chi connectivity index (χ2v) is 12.9. The molecule has 1 aliphatic rings. The van der Waals surface area contributed by atoms with Crippen molar-refractivity contribution >= 4 is 20.0 Å². The van der Waals surface area contributed by atoms with E-state index < -0.39 is 24.8 Å². The summed E-state index contributed by atoms with van der Waals surface area (Å²) in [6.45, 7) is 9.37. The summed E-state index contributed by atoms with van der Waals surface area (Å²) >= 11 is 0. The van der Waals surface area contributed by atoms with Crippen LogP contribution in [0, 0.1) is 10.1 Å². The van der Waals surface area contributed by atoms with Gasteiger partial charge < -0.3 is 14.4 Å². The van der Waals surface area contributed by atoms with E-state index in [1.54, 1.807) is 12.1 Å². The standard InChI is InChI=1S/C19H30N2O6Si/c1-19(2,3)28(4,27-20-11-5-6-12-20)17(13-22)18(23)26-14-15-7-9-16(10-8-15)21(24)25/h7-10,17,22H,5-6,11-14H2,1-4H3. The van der Waals surface area contributed by atoms with Gasteiger partial charge in [-0.3, -0.25) is 14.9 Å². The number of hydroxylamine groups is 2. The van der Waals surface area contributed by atoms with E-state index in [4.69, 9.17) is 9.26 Å². The molecule has 8 nitrogen and oxygen atoms in total. The number of rotatable bonds is 8.